The highest BCUT2D eigenvalue weighted by Gasteiger charge is 2.23. The summed E-state index contributed by atoms with van der Waals surface area (Å²) >= 11 is 0. The lowest BCUT2D eigenvalue weighted by Crippen LogP contribution is -2.40. The molecule has 0 aromatic heterocycles. The molecule has 0 aromatic rings. The van der Waals surface area contributed by atoms with Crippen molar-refractivity contribution < 1.29 is 0 Å². The van der Waals surface area contributed by atoms with Crippen LogP contribution in [0, 0.1) is 11.8 Å². The van der Waals surface area contributed by atoms with E-state index in [0.29, 0.717) is 0 Å². The van der Waals surface area contributed by atoms with Crippen LogP contribution in [0.3, 0.4) is 0 Å². The van der Waals surface area contributed by atoms with Gasteiger partial charge in [-0.25, -0.2) is 0 Å². The lowest BCUT2D eigenvalue weighted by atomic mass is 9.93. The molecular weight excluding hydrogens is 208 g/mol. The van der Waals surface area contributed by atoms with E-state index < -0.39 is 0 Å². The van der Waals surface area contributed by atoms with Gasteiger partial charge in [0.2, 0.25) is 0 Å². The number of allylic oxidation sites excluding steroid dienone is 1. The van der Waals surface area contributed by atoms with Gasteiger partial charge < -0.3 is 9.80 Å². The lowest BCUT2D eigenvalue weighted by Gasteiger charge is -2.38. The summed E-state index contributed by atoms with van der Waals surface area (Å²) < 4.78 is 0. The van der Waals surface area contributed by atoms with Crippen molar-refractivity contribution in [2.24, 2.45) is 11.8 Å². The van der Waals surface area contributed by atoms with E-state index in [1.807, 2.05) is 0 Å². The van der Waals surface area contributed by atoms with Crippen LogP contribution in [0.5, 0.6) is 0 Å². The topological polar surface area (TPSA) is 6.48 Å². The second-order valence-electron chi connectivity index (χ2n) is 6.15. The van der Waals surface area contributed by atoms with Crippen LogP contribution in [0.25, 0.3) is 0 Å². The normalized spacial score (nSPS) is 25.2. The molecule has 0 bridgehead atoms. The molecule has 0 aromatic carbocycles. The number of hydrogen-bond acceptors (Lipinski definition) is 2. The Morgan fingerprint density at radius 1 is 1.06 bits per heavy atom. The highest BCUT2D eigenvalue weighted by molar-refractivity contribution is 4.91. The fourth-order valence-electron chi connectivity index (χ4n) is 3.11. The van der Waals surface area contributed by atoms with Crippen LogP contribution in [-0.4, -0.2) is 42.5 Å². The van der Waals surface area contributed by atoms with E-state index in [1.54, 1.807) is 0 Å². The van der Waals surface area contributed by atoms with Crippen molar-refractivity contribution in [1.29, 1.82) is 0 Å². The Balaban J connectivity index is 1.69. The van der Waals surface area contributed by atoms with Crippen molar-refractivity contribution in [2.75, 3.05) is 32.7 Å². The van der Waals surface area contributed by atoms with E-state index in [0.717, 1.165) is 11.8 Å². The third kappa shape index (κ3) is 3.74. The average Bonchev–Trinajstić information content (AvgIpc) is 2.33. The third-order valence-corrected chi connectivity index (χ3v) is 4.55. The molecule has 0 saturated carbocycles. The summed E-state index contributed by atoms with van der Waals surface area (Å²) in [6, 6.07) is 0. The lowest BCUT2D eigenvalue weighted by molar-refractivity contribution is 0.133. The number of hydrogen-bond donors (Lipinski definition) is 0. The minimum absolute atomic E-state index is 0.930. The standard InChI is InChI=1S/C15H28N2/c1-13(2)17-10-6-15(7-11-17)12-16-8-4-14(3)5-9-16/h14-15H,1,4-12H2,2-3H3. The first kappa shape index (κ1) is 12.9. The Kier molecular flexibility index (Phi) is 4.49. The summed E-state index contributed by atoms with van der Waals surface area (Å²) in [4.78, 5) is 5.13. The molecule has 0 N–H and O–H groups in total. The minimum Gasteiger partial charge on any atom is -0.376 e. The van der Waals surface area contributed by atoms with Crippen LogP contribution in [0.1, 0.15) is 39.5 Å². The Morgan fingerprint density at radius 2 is 1.65 bits per heavy atom. The van der Waals surface area contributed by atoms with Gasteiger partial charge in [0.15, 0.2) is 0 Å². The van der Waals surface area contributed by atoms with Crippen molar-refractivity contribution >= 4 is 0 Å². The first-order valence-electron chi connectivity index (χ1n) is 7.28. The largest absolute Gasteiger partial charge is 0.376 e. The molecule has 0 unspecified atom stereocenters. The molecule has 2 heteroatoms. The molecule has 0 spiro atoms. The number of nitrogens with zero attached hydrogens (tertiary/aromatic N) is 2. The summed E-state index contributed by atoms with van der Waals surface area (Å²) in [5.41, 5.74) is 1.25. The molecule has 2 heterocycles. The molecule has 2 fully saturated rings. The van der Waals surface area contributed by atoms with Gasteiger partial charge in [0, 0.05) is 25.3 Å². The SMILES string of the molecule is C=C(C)N1CCC(CN2CCC(C)CC2)CC1. The van der Waals surface area contributed by atoms with Gasteiger partial charge in [-0.1, -0.05) is 13.5 Å². The van der Waals surface area contributed by atoms with E-state index in [2.05, 4.69) is 30.2 Å². The fourth-order valence-corrected chi connectivity index (χ4v) is 3.11. The molecule has 98 valence electrons. The summed E-state index contributed by atoms with van der Waals surface area (Å²) in [6.07, 6.45) is 5.53. The van der Waals surface area contributed by atoms with Gasteiger partial charge in [-0.15, -0.1) is 0 Å². The Hall–Kier alpha value is -0.500. The predicted molar refractivity (Wildman–Crippen MR) is 73.9 cm³/mol. The fraction of sp³-hybridized carbons (Fsp3) is 0.867. The van der Waals surface area contributed by atoms with Gasteiger partial charge in [0.1, 0.15) is 0 Å². The van der Waals surface area contributed by atoms with Crippen LogP contribution in [-0.2, 0) is 0 Å². The smallest absolute Gasteiger partial charge is 0.0177 e. The summed E-state index contributed by atoms with van der Waals surface area (Å²) in [7, 11) is 0. The molecule has 0 atom stereocenters. The zero-order valence-corrected chi connectivity index (χ0v) is 11.6. The quantitative estimate of drug-likeness (QED) is 0.743. The second kappa shape index (κ2) is 5.90. The van der Waals surface area contributed by atoms with Crippen molar-refractivity contribution in [3.05, 3.63) is 12.3 Å². The first-order chi connectivity index (χ1) is 8.15. The van der Waals surface area contributed by atoms with Crippen molar-refractivity contribution in [1.82, 2.24) is 9.80 Å². The van der Waals surface area contributed by atoms with Crippen LogP contribution in [0.2, 0.25) is 0 Å². The molecular formula is C15H28N2. The molecule has 2 rings (SSSR count). The third-order valence-electron chi connectivity index (χ3n) is 4.55. The summed E-state index contributed by atoms with van der Waals surface area (Å²) in [6.45, 7) is 15.0. The average molecular weight is 236 g/mol. The maximum Gasteiger partial charge on any atom is 0.0177 e. The molecule has 0 amide bonds. The van der Waals surface area contributed by atoms with Crippen molar-refractivity contribution in [3.8, 4) is 0 Å². The molecule has 2 aliphatic rings. The van der Waals surface area contributed by atoms with Gasteiger partial charge in [-0.05, 0) is 57.5 Å². The number of piperidine rings is 2. The first-order valence-corrected chi connectivity index (χ1v) is 7.28. The van der Waals surface area contributed by atoms with Crippen molar-refractivity contribution in [2.45, 2.75) is 39.5 Å². The van der Waals surface area contributed by atoms with E-state index in [-0.39, 0.29) is 0 Å². The van der Waals surface area contributed by atoms with E-state index in [1.165, 1.54) is 64.1 Å². The zero-order valence-electron chi connectivity index (χ0n) is 11.6. The van der Waals surface area contributed by atoms with Crippen molar-refractivity contribution in [3.63, 3.8) is 0 Å². The highest BCUT2D eigenvalue weighted by Crippen LogP contribution is 2.23. The van der Waals surface area contributed by atoms with E-state index in [4.69, 9.17) is 0 Å². The summed E-state index contributed by atoms with van der Waals surface area (Å²) in [5.74, 6) is 1.88. The molecule has 2 aliphatic heterocycles. The number of rotatable bonds is 3. The Bertz CT molecular complexity index is 246. The highest BCUT2D eigenvalue weighted by atomic mass is 15.2. The molecule has 0 radical (unpaired) electrons. The van der Waals surface area contributed by atoms with Crippen LogP contribution < -0.4 is 0 Å². The maximum absolute atomic E-state index is 4.04. The predicted octanol–water partition coefficient (Wildman–Crippen LogP) is 2.96. The minimum atomic E-state index is 0.930. The zero-order chi connectivity index (χ0) is 12.3. The van der Waals surface area contributed by atoms with Gasteiger partial charge in [-0.3, -0.25) is 0 Å². The van der Waals surface area contributed by atoms with Gasteiger partial charge in [0.05, 0.1) is 0 Å². The van der Waals surface area contributed by atoms with E-state index in [9.17, 15) is 0 Å². The van der Waals surface area contributed by atoms with E-state index >= 15 is 0 Å². The molecule has 2 nitrogen and oxygen atoms in total. The van der Waals surface area contributed by atoms with Gasteiger partial charge in [-0.2, -0.15) is 0 Å². The van der Waals surface area contributed by atoms with Gasteiger partial charge in [0.25, 0.3) is 0 Å². The number of likely N-dealkylation sites (tertiary alicyclic amines) is 2. The van der Waals surface area contributed by atoms with Crippen LogP contribution >= 0.6 is 0 Å². The Morgan fingerprint density at radius 3 is 2.18 bits per heavy atom. The molecule has 0 aliphatic carbocycles. The van der Waals surface area contributed by atoms with Gasteiger partial charge >= 0.3 is 0 Å². The maximum atomic E-state index is 4.04. The van der Waals surface area contributed by atoms with Crippen LogP contribution in [0.4, 0.5) is 0 Å². The Labute approximate surface area is 107 Å². The van der Waals surface area contributed by atoms with Crippen LogP contribution in [0.15, 0.2) is 12.3 Å². The summed E-state index contributed by atoms with van der Waals surface area (Å²) in [5, 5.41) is 0. The molecule has 17 heavy (non-hydrogen) atoms. The molecule has 2 saturated heterocycles. The monoisotopic (exact) mass is 236 g/mol. The second-order valence-corrected chi connectivity index (χ2v) is 6.15.